The molecule has 4 nitrogen and oxygen atoms in total. The van der Waals surface area contributed by atoms with Gasteiger partial charge in [0.2, 0.25) is 0 Å². The Morgan fingerprint density at radius 2 is 2.05 bits per heavy atom. The second-order valence-electron chi connectivity index (χ2n) is 5.24. The first-order valence-electron chi connectivity index (χ1n) is 6.75. The molecule has 1 aromatic heterocycles. The molecule has 0 radical (unpaired) electrons. The van der Waals surface area contributed by atoms with Gasteiger partial charge in [0.05, 0.1) is 5.41 Å². The first-order valence-corrected chi connectivity index (χ1v) is 6.75. The Hall–Kier alpha value is -1.81. The predicted molar refractivity (Wildman–Crippen MR) is 74.3 cm³/mol. The fourth-order valence-corrected chi connectivity index (χ4v) is 3.13. The van der Waals surface area contributed by atoms with Crippen molar-refractivity contribution in [1.29, 1.82) is 0 Å². The Bertz CT molecular complexity index is 595. The Morgan fingerprint density at radius 3 is 2.89 bits per heavy atom. The minimum absolute atomic E-state index is 0.643. The average molecular weight is 258 g/mol. The third-order valence-electron chi connectivity index (χ3n) is 4.20. The summed E-state index contributed by atoms with van der Waals surface area (Å²) in [7, 11) is 0. The van der Waals surface area contributed by atoms with E-state index >= 15 is 0 Å². The molecule has 100 valence electrons. The van der Waals surface area contributed by atoms with Crippen LogP contribution in [0.1, 0.15) is 24.8 Å². The summed E-state index contributed by atoms with van der Waals surface area (Å²) in [5.74, 6) is -0.707. The molecule has 0 aliphatic carbocycles. The molecule has 19 heavy (non-hydrogen) atoms. The molecule has 2 heterocycles. The molecule has 1 aliphatic rings. The molecule has 1 unspecified atom stereocenters. The molecule has 0 amide bonds. The van der Waals surface area contributed by atoms with E-state index in [4.69, 9.17) is 0 Å². The fourth-order valence-electron chi connectivity index (χ4n) is 3.13. The lowest BCUT2D eigenvalue weighted by molar-refractivity contribution is -0.144. The molecule has 1 aromatic carbocycles. The van der Waals surface area contributed by atoms with Gasteiger partial charge >= 0.3 is 5.97 Å². The van der Waals surface area contributed by atoms with Crippen molar-refractivity contribution in [3.63, 3.8) is 0 Å². The highest BCUT2D eigenvalue weighted by atomic mass is 16.4. The second kappa shape index (κ2) is 4.70. The van der Waals surface area contributed by atoms with E-state index in [1.807, 2.05) is 30.5 Å². The largest absolute Gasteiger partial charge is 0.481 e. The Balaban J connectivity index is 2.16. The molecule has 4 heteroatoms. The van der Waals surface area contributed by atoms with E-state index in [-0.39, 0.29) is 0 Å². The van der Waals surface area contributed by atoms with E-state index in [0.717, 1.165) is 36.0 Å². The van der Waals surface area contributed by atoms with Crippen LogP contribution in [0, 0.1) is 0 Å². The Morgan fingerprint density at radius 1 is 1.21 bits per heavy atom. The van der Waals surface area contributed by atoms with E-state index in [0.29, 0.717) is 12.8 Å². The summed E-state index contributed by atoms with van der Waals surface area (Å²) >= 11 is 0. The number of aromatic amines is 1. The number of carboxylic acids is 1. The van der Waals surface area contributed by atoms with Crippen LogP contribution in [0.3, 0.4) is 0 Å². The monoisotopic (exact) mass is 258 g/mol. The molecule has 1 aliphatic heterocycles. The van der Waals surface area contributed by atoms with Gasteiger partial charge in [-0.2, -0.15) is 0 Å². The van der Waals surface area contributed by atoms with Crippen LogP contribution < -0.4 is 5.32 Å². The van der Waals surface area contributed by atoms with Gasteiger partial charge in [-0.3, -0.25) is 4.79 Å². The number of rotatable bonds is 2. The molecule has 0 bridgehead atoms. The zero-order chi connectivity index (χ0) is 13.3. The minimum atomic E-state index is -0.761. The maximum atomic E-state index is 11.9. The number of H-pyrrole nitrogens is 1. The van der Waals surface area contributed by atoms with Crippen LogP contribution >= 0.6 is 0 Å². The van der Waals surface area contributed by atoms with Gasteiger partial charge < -0.3 is 15.4 Å². The van der Waals surface area contributed by atoms with E-state index in [2.05, 4.69) is 10.3 Å². The average Bonchev–Trinajstić information content (AvgIpc) is 2.68. The highest BCUT2D eigenvalue weighted by Crippen LogP contribution is 2.38. The lowest BCUT2D eigenvalue weighted by Gasteiger charge is -2.27. The van der Waals surface area contributed by atoms with Crippen molar-refractivity contribution < 1.29 is 9.90 Å². The number of carbonyl (C=O) groups is 1. The molecular weight excluding hydrogens is 240 g/mol. The van der Waals surface area contributed by atoms with Crippen LogP contribution in [0.4, 0.5) is 0 Å². The minimum Gasteiger partial charge on any atom is -0.481 e. The lowest BCUT2D eigenvalue weighted by atomic mass is 9.74. The van der Waals surface area contributed by atoms with Crippen molar-refractivity contribution in [2.24, 2.45) is 0 Å². The quantitative estimate of drug-likeness (QED) is 0.774. The third kappa shape index (κ3) is 1.92. The van der Waals surface area contributed by atoms with E-state index in [1.165, 1.54) is 0 Å². The number of hydrogen-bond acceptors (Lipinski definition) is 2. The zero-order valence-electron chi connectivity index (χ0n) is 10.8. The van der Waals surface area contributed by atoms with Gasteiger partial charge in [0.15, 0.2) is 0 Å². The number of aromatic nitrogens is 1. The summed E-state index contributed by atoms with van der Waals surface area (Å²) in [6.07, 6.45) is 4.11. The van der Waals surface area contributed by atoms with Crippen molar-refractivity contribution in [3.8, 4) is 0 Å². The van der Waals surface area contributed by atoms with Crippen LogP contribution in [0.15, 0.2) is 30.5 Å². The standard InChI is InChI=1S/C15H18N2O2/c18-14(19)15(6-3-8-16-9-7-15)12-10-17-13-5-2-1-4-11(12)13/h1-2,4-5,10,16-17H,3,6-9H2,(H,18,19). The van der Waals surface area contributed by atoms with Gasteiger partial charge in [0, 0.05) is 17.1 Å². The van der Waals surface area contributed by atoms with Crippen molar-refractivity contribution >= 4 is 16.9 Å². The maximum absolute atomic E-state index is 11.9. The van der Waals surface area contributed by atoms with Crippen molar-refractivity contribution in [3.05, 3.63) is 36.0 Å². The topological polar surface area (TPSA) is 65.1 Å². The normalized spacial score (nSPS) is 24.2. The van der Waals surface area contributed by atoms with Crippen LogP contribution in [-0.2, 0) is 10.2 Å². The summed E-state index contributed by atoms with van der Waals surface area (Å²) < 4.78 is 0. The number of aliphatic carboxylic acids is 1. The van der Waals surface area contributed by atoms with E-state index in [9.17, 15) is 9.90 Å². The predicted octanol–water partition coefficient (Wildman–Crippen LogP) is 2.26. The molecular formula is C15H18N2O2. The first-order chi connectivity index (χ1) is 9.24. The Labute approximate surface area is 111 Å². The first kappa shape index (κ1) is 12.2. The van der Waals surface area contributed by atoms with Crippen molar-refractivity contribution in [2.45, 2.75) is 24.7 Å². The van der Waals surface area contributed by atoms with Crippen molar-refractivity contribution in [1.82, 2.24) is 10.3 Å². The number of fused-ring (bicyclic) bond motifs is 1. The smallest absolute Gasteiger partial charge is 0.314 e. The number of hydrogen-bond donors (Lipinski definition) is 3. The van der Waals surface area contributed by atoms with Gasteiger partial charge in [0.1, 0.15) is 0 Å². The highest BCUT2D eigenvalue weighted by Gasteiger charge is 2.41. The molecule has 1 saturated heterocycles. The summed E-state index contributed by atoms with van der Waals surface area (Å²) in [6.45, 7) is 1.66. The molecule has 1 fully saturated rings. The van der Waals surface area contributed by atoms with Crippen molar-refractivity contribution in [2.75, 3.05) is 13.1 Å². The highest BCUT2D eigenvalue weighted by molar-refractivity contribution is 5.92. The summed E-state index contributed by atoms with van der Waals surface area (Å²) in [4.78, 5) is 15.1. The van der Waals surface area contributed by atoms with Crippen LogP contribution in [-0.4, -0.2) is 29.1 Å². The zero-order valence-corrected chi connectivity index (χ0v) is 10.8. The molecule has 2 aromatic rings. The molecule has 0 spiro atoms. The number of benzene rings is 1. The Kier molecular flexibility index (Phi) is 3.03. The summed E-state index contributed by atoms with van der Waals surface area (Å²) in [5.41, 5.74) is 1.18. The van der Waals surface area contributed by atoms with E-state index < -0.39 is 11.4 Å². The number of carboxylic acid groups (broad SMARTS) is 1. The van der Waals surface area contributed by atoms with Crippen LogP contribution in [0.25, 0.3) is 10.9 Å². The van der Waals surface area contributed by atoms with Gasteiger partial charge in [-0.05, 0) is 44.0 Å². The maximum Gasteiger partial charge on any atom is 0.314 e. The van der Waals surface area contributed by atoms with E-state index in [1.54, 1.807) is 0 Å². The number of para-hydroxylation sites is 1. The van der Waals surface area contributed by atoms with Gasteiger partial charge in [-0.15, -0.1) is 0 Å². The molecule has 0 saturated carbocycles. The summed E-state index contributed by atoms with van der Waals surface area (Å²) in [5, 5.41) is 14.1. The lowest BCUT2D eigenvalue weighted by Crippen LogP contribution is -2.36. The second-order valence-corrected chi connectivity index (χ2v) is 5.24. The number of nitrogens with one attached hydrogen (secondary N) is 2. The SMILES string of the molecule is O=C(O)C1(c2c[nH]c3ccccc23)CCCNCC1. The molecule has 3 N–H and O–H groups in total. The van der Waals surface area contributed by atoms with Gasteiger partial charge in [-0.1, -0.05) is 18.2 Å². The van der Waals surface area contributed by atoms with Crippen LogP contribution in [0.2, 0.25) is 0 Å². The third-order valence-corrected chi connectivity index (χ3v) is 4.20. The fraction of sp³-hybridized carbons (Fsp3) is 0.400. The summed E-state index contributed by atoms with van der Waals surface area (Å²) in [6, 6.07) is 7.92. The van der Waals surface area contributed by atoms with Gasteiger partial charge in [-0.25, -0.2) is 0 Å². The molecule has 1 atom stereocenters. The molecule has 3 rings (SSSR count). The van der Waals surface area contributed by atoms with Crippen LogP contribution in [0.5, 0.6) is 0 Å². The van der Waals surface area contributed by atoms with Gasteiger partial charge in [0.25, 0.3) is 0 Å².